The van der Waals surface area contributed by atoms with Crippen LogP contribution in [-0.4, -0.2) is 11.7 Å². The molecule has 5 heteroatoms. The van der Waals surface area contributed by atoms with Crippen LogP contribution in [0, 0.1) is 0 Å². The Labute approximate surface area is 123 Å². The highest BCUT2D eigenvalue weighted by Gasteiger charge is 2.34. The highest BCUT2D eigenvalue weighted by Crippen LogP contribution is 2.37. The van der Waals surface area contributed by atoms with E-state index < -0.39 is 18.3 Å². The summed E-state index contributed by atoms with van der Waals surface area (Å²) >= 11 is 0. The first-order valence-corrected chi connectivity index (χ1v) is 7.42. The van der Waals surface area contributed by atoms with E-state index in [1.807, 2.05) is 0 Å². The molecule has 0 amide bonds. The maximum atomic E-state index is 12.9. The minimum absolute atomic E-state index is 0.159. The third-order valence-electron chi connectivity index (χ3n) is 3.29. The fourth-order valence-corrected chi connectivity index (χ4v) is 2.09. The largest absolute Gasteiger partial charge is 0.493 e. The number of ether oxygens (including phenoxy) is 1. The van der Waals surface area contributed by atoms with E-state index in [-0.39, 0.29) is 17.9 Å². The third kappa shape index (κ3) is 6.38. The first-order chi connectivity index (χ1) is 9.99. The minimum Gasteiger partial charge on any atom is -0.493 e. The average Bonchev–Trinajstić information content (AvgIpc) is 2.45. The molecule has 0 heterocycles. The Balaban J connectivity index is 2.51. The van der Waals surface area contributed by atoms with Gasteiger partial charge in [0.1, 0.15) is 5.75 Å². The molecule has 120 valence electrons. The lowest BCUT2D eigenvalue weighted by Crippen LogP contribution is -2.10. The zero-order valence-corrected chi connectivity index (χ0v) is 12.4. The molecule has 1 aromatic rings. The van der Waals surface area contributed by atoms with Gasteiger partial charge < -0.3 is 9.84 Å². The summed E-state index contributed by atoms with van der Waals surface area (Å²) in [7, 11) is 0. The maximum Gasteiger partial charge on any atom is 0.419 e. The van der Waals surface area contributed by atoms with Gasteiger partial charge in [-0.1, -0.05) is 45.1 Å². The van der Waals surface area contributed by atoms with E-state index in [4.69, 9.17) is 9.84 Å². The van der Waals surface area contributed by atoms with Gasteiger partial charge in [-0.25, -0.2) is 0 Å². The molecule has 0 fully saturated rings. The second-order valence-electron chi connectivity index (χ2n) is 5.10. The lowest BCUT2D eigenvalue weighted by molar-refractivity contribution is -0.139. The van der Waals surface area contributed by atoms with E-state index in [1.54, 1.807) is 0 Å². The first kappa shape index (κ1) is 17.8. The molecule has 0 aliphatic heterocycles. The van der Waals surface area contributed by atoms with Gasteiger partial charge in [-0.15, -0.1) is 0 Å². The lowest BCUT2D eigenvalue weighted by Gasteiger charge is -2.15. The molecule has 0 unspecified atom stereocenters. The number of aliphatic hydroxyl groups is 1. The number of benzene rings is 1. The summed E-state index contributed by atoms with van der Waals surface area (Å²) in [5.74, 6) is -0.159. The van der Waals surface area contributed by atoms with Crippen molar-refractivity contribution >= 4 is 0 Å². The van der Waals surface area contributed by atoms with Gasteiger partial charge in [-0.3, -0.25) is 0 Å². The van der Waals surface area contributed by atoms with E-state index >= 15 is 0 Å². The molecule has 0 bridgehead atoms. The maximum absolute atomic E-state index is 12.9. The molecule has 0 spiro atoms. The Hall–Kier alpha value is -1.23. The number of unbranched alkanes of at least 4 members (excludes halogenated alkanes) is 5. The van der Waals surface area contributed by atoms with E-state index in [2.05, 4.69) is 6.92 Å². The summed E-state index contributed by atoms with van der Waals surface area (Å²) in [4.78, 5) is 0. The number of halogens is 3. The van der Waals surface area contributed by atoms with Crippen molar-refractivity contribution in [3.05, 3.63) is 29.3 Å². The average molecular weight is 304 g/mol. The zero-order valence-electron chi connectivity index (χ0n) is 12.4. The molecular formula is C16H23F3O2. The normalized spacial score (nSPS) is 11.7. The first-order valence-electron chi connectivity index (χ1n) is 7.42. The number of alkyl halides is 3. The number of hydrogen-bond acceptors (Lipinski definition) is 2. The topological polar surface area (TPSA) is 29.5 Å². The highest BCUT2D eigenvalue weighted by molar-refractivity contribution is 5.39. The summed E-state index contributed by atoms with van der Waals surface area (Å²) in [6.07, 6.45) is 1.87. The molecule has 0 radical (unpaired) electrons. The SMILES string of the molecule is CCCCCCCCOc1ccc(CO)cc1C(F)(F)F. The number of rotatable bonds is 9. The van der Waals surface area contributed by atoms with Gasteiger partial charge in [0.2, 0.25) is 0 Å². The number of hydrogen-bond donors (Lipinski definition) is 1. The van der Waals surface area contributed by atoms with Crippen molar-refractivity contribution in [1.29, 1.82) is 0 Å². The fraction of sp³-hybridized carbons (Fsp3) is 0.625. The molecule has 21 heavy (non-hydrogen) atoms. The van der Waals surface area contributed by atoms with Crippen LogP contribution in [0.2, 0.25) is 0 Å². The fourth-order valence-electron chi connectivity index (χ4n) is 2.09. The molecule has 1 rings (SSSR count). The smallest absolute Gasteiger partial charge is 0.419 e. The van der Waals surface area contributed by atoms with Gasteiger partial charge in [-0.05, 0) is 24.1 Å². The predicted octanol–water partition coefficient (Wildman–Crippen LogP) is 4.94. The molecule has 0 saturated carbocycles. The molecule has 0 aliphatic carbocycles. The van der Waals surface area contributed by atoms with Crippen molar-refractivity contribution < 1.29 is 23.0 Å². The molecule has 2 nitrogen and oxygen atoms in total. The van der Waals surface area contributed by atoms with Gasteiger partial charge in [0.25, 0.3) is 0 Å². The Morgan fingerprint density at radius 1 is 1.05 bits per heavy atom. The van der Waals surface area contributed by atoms with Crippen molar-refractivity contribution in [2.24, 2.45) is 0 Å². The van der Waals surface area contributed by atoms with E-state index in [0.29, 0.717) is 0 Å². The zero-order chi connectivity index (χ0) is 15.7. The monoisotopic (exact) mass is 304 g/mol. The highest BCUT2D eigenvalue weighted by atomic mass is 19.4. The van der Waals surface area contributed by atoms with Crippen molar-refractivity contribution in [3.63, 3.8) is 0 Å². The Morgan fingerprint density at radius 3 is 2.33 bits per heavy atom. The molecule has 0 atom stereocenters. The van der Waals surface area contributed by atoms with Crippen LogP contribution < -0.4 is 4.74 Å². The molecule has 1 N–H and O–H groups in total. The van der Waals surface area contributed by atoms with Crippen LogP contribution in [0.3, 0.4) is 0 Å². The quantitative estimate of drug-likeness (QED) is 0.655. The van der Waals surface area contributed by atoms with Crippen LogP contribution in [0.25, 0.3) is 0 Å². The van der Waals surface area contributed by atoms with Crippen LogP contribution in [0.1, 0.15) is 56.6 Å². The minimum atomic E-state index is -4.47. The summed E-state index contributed by atoms with van der Waals surface area (Å²) in [6, 6.07) is 3.67. The summed E-state index contributed by atoms with van der Waals surface area (Å²) in [5.41, 5.74) is -0.589. The van der Waals surface area contributed by atoms with Gasteiger partial charge in [0.15, 0.2) is 0 Å². The van der Waals surface area contributed by atoms with Crippen molar-refractivity contribution in [3.8, 4) is 5.75 Å². The van der Waals surface area contributed by atoms with Crippen molar-refractivity contribution in [1.82, 2.24) is 0 Å². The van der Waals surface area contributed by atoms with Crippen molar-refractivity contribution in [2.75, 3.05) is 6.61 Å². The van der Waals surface area contributed by atoms with E-state index in [0.717, 1.165) is 31.7 Å². The van der Waals surface area contributed by atoms with Crippen LogP contribution >= 0.6 is 0 Å². The molecule has 0 saturated heterocycles. The lowest BCUT2D eigenvalue weighted by atomic mass is 10.1. The molecule has 1 aromatic carbocycles. The van der Waals surface area contributed by atoms with Gasteiger partial charge >= 0.3 is 6.18 Å². The van der Waals surface area contributed by atoms with Crippen LogP contribution in [0.15, 0.2) is 18.2 Å². The third-order valence-corrected chi connectivity index (χ3v) is 3.29. The predicted molar refractivity (Wildman–Crippen MR) is 76.2 cm³/mol. The standard InChI is InChI=1S/C16H23F3O2/c1-2-3-4-5-6-7-10-21-15-9-8-13(12-20)11-14(15)16(17,18)19/h8-9,11,20H,2-7,10,12H2,1H3. The van der Waals surface area contributed by atoms with Gasteiger partial charge in [0.05, 0.1) is 18.8 Å². The number of aliphatic hydroxyl groups excluding tert-OH is 1. The molecular weight excluding hydrogens is 281 g/mol. The van der Waals surface area contributed by atoms with Crippen LogP contribution in [0.5, 0.6) is 5.75 Å². The molecule has 0 aromatic heterocycles. The molecule has 0 aliphatic rings. The van der Waals surface area contributed by atoms with Gasteiger partial charge in [-0.2, -0.15) is 13.2 Å². The second-order valence-corrected chi connectivity index (χ2v) is 5.10. The van der Waals surface area contributed by atoms with Crippen LogP contribution in [-0.2, 0) is 12.8 Å². The summed E-state index contributed by atoms with van der Waals surface area (Å²) in [5, 5.41) is 8.93. The van der Waals surface area contributed by atoms with Crippen molar-refractivity contribution in [2.45, 2.75) is 58.2 Å². The van der Waals surface area contributed by atoms with E-state index in [1.165, 1.54) is 25.0 Å². The Kier molecular flexibility index (Phi) is 7.57. The Bertz CT molecular complexity index is 416. The summed E-state index contributed by atoms with van der Waals surface area (Å²) in [6.45, 7) is 2.01. The Morgan fingerprint density at radius 2 is 1.71 bits per heavy atom. The van der Waals surface area contributed by atoms with Gasteiger partial charge in [0, 0.05) is 0 Å². The second kappa shape index (κ2) is 8.93. The van der Waals surface area contributed by atoms with Crippen LogP contribution in [0.4, 0.5) is 13.2 Å². The van der Waals surface area contributed by atoms with E-state index in [9.17, 15) is 13.2 Å². The summed E-state index contributed by atoms with van der Waals surface area (Å²) < 4.78 is 44.0.